The van der Waals surface area contributed by atoms with Crippen molar-refractivity contribution in [1.29, 1.82) is 0 Å². The Kier molecular flexibility index (Phi) is 31.2. The first-order chi connectivity index (χ1) is 62.5. The molecule has 0 saturated heterocycles. The third-order valence-electron chi connectivity index (χ3n) is 24.6. The van der Waals surface area contributed by atoms with Crippen molar-refractivity contribution in [3.63, 3.8) is 0 Å². The van der Waals surface area contributed by atoms with Crippen LogP contribution in [0.2, 0.25) is 0 Å². The molecule has 0 unspecified atom stereocenters. The van der Waals surface area contributed by atoms with Crippen LogP contribution >= 0.6 is 31.7 Å². The van der Waals surface area contributed by atoms with Crippen LogP contribution in [0.4, 0.5) is 0 Å². The van der Waals surface area contributed by atoms with Crippen LogP contribution < -0.4 is 30.8 Å². The minimum atomic E-state index is -0.589. The van der Waals surface area contributed by atoms with Crippen molar-refractivity contribution in [2.75, 3.05) is 0 Å². The monoisotopic (exact) mass is 1810 g/mol. The second-order valence-corrected chi connectivity index (χ2v) is 56.1. The van der Waals surface area contributed by atoms with Crippen LogP contribution in [-0.4, -0.2) is 83.8 Å². The zero-order valence-electron chi connectivity index (χ0n) is 82.2. The average Bonchev–Trinajstić information content (AvgIpc) is 1.30. The lowest BCUT2D eigenvalue weighted by molar-refractivity contribution is 0.231. The van der Waals surface area contributed by atoms with Gasteiger partial charge in [-0.05, 0) is 195 Å². The Labute approximate surface area is 790 Å². The molecule has 2 saturated carbocycles. The van der Waals surface area contributed by atoms with Gasteiger partial charge in [0, 0.05) is 27.6 Å². The fourth-order valence-corrected chi connectivity index (χ4v) is 36.9. The summed E-state index contributed by atoms with van der Waals surface area (Å²) in [6.45, 7) is 51.3. The summed E-state index contributed by atoms with van der Waals surface area (Å²) >= 11 is 0. The maximum Gasteiger partial charge on any atom is 0.131 e. The SMILES string of the molecule is CC(C)(C)P(c1ccc2ccccc2c1-c1cccc2ccccc12)C(C)(C)C.CC(C)(C)P(c1ccccc1-n1nc(-c2ccccc2)cc1-c1ccccc1)C(C)(C)C.CC(C)(C)P(c1ccnn1-c1c(-c2ccccc2)nn(-c2ccccc2)c1-c1ccccc1)C(C)(C)C.CC(C)Oc1cccc(OC(C)C)c1-c1ccccc1P(C1CCCCC1)C1CCCCC1. The molecule has 2 aliphatic rings. The van der Waals surface area contributed by atoms with Gasteiger partial charge in [-0.25, -0.2) is 14.0 Å². The first-order valence-electron chi connectivity index (χ1n) is 47.9. The molecule has 12 heteroatoms. The van der Waals surface area contributed by atoms with E-state index < -0.39 is 23.8 Å². The highest BCUT2D eigenvalue weighted by Gasteiger charge is 2.43. The van der Waals surface area contributed by atoms with E-state index in [1.165, 1.54) is 130 Å². The number of rotatable bonds is 19. The smallest absolute Gasteiger partial charge is 0.131 e. The lowest BCUT2D eigenvalue weighted by atomic mass is 9.94. The number of hydrogen-bond acceptors (Lipinski definition) is 5. The molecule has 0 radical (unpaired) electrons. The van der Waals surface area contributed by atoms with Crippen molar-refractivity contribution in [2.45, 2.75) is 271 Å². The second kappa shape index (κ2) is 42.1. The zero-order chi connectivity index (χ0) is 93.2. The van der Waals surface area contributed by atoms with Crippen LogP contribution in [-0.2, 0) is 0 Å². The Hall–Kier alpha value is -9.89. The predicted octanol–water partition coefficient (Wildman–Crippen LogP) is 33.1. The van der Waals surface area contributed by atoms with Gasteiger partial charge < -0.3 is 9.47 Å². The summed E-state index contributed by atoms with van der Waals surface area (Å²) in [5, 5.41) is 26.3. The molecule has 0 amide bonds. The third-order valence-corrected chi connectivity index (χ3v) is 38.7. The van der Waals surface area contributed by atoms with Gasteiger partial charge in [0.15, 0.2) is 0 Å². The summed E-state index contributed by atoms with van der Waals surface area (Å²) < 4.78 is 19.2. The van der Waals surface area contributed by atoms with E-state index in [0.717, 1.165) is 79.2 Å². The highest BCUT2D eigenvalue weighted by Crippen LogP contribution is 2.63. The van der Waals surface area contributed by atoms with Crippen LogP contribution in [0.1, 0.15) is 217 Å². The summed E-state index contributed by atoms with van der Waals surface area (Å²) in [4.78, 5) is 0. The van der Waals surface area contributed by atoms with Crippen molar-refractivity contribution in [1.82, 2.24) is 29.3 Å². The molecular formula is C119H142N6O2P4. The standard InChI is InChI=1S/C32H35N4P.C30H43O2P.C29H33N2P.C28H31P/c1-31(2,3)37(32(4,5)6)27-22-23-33-36(27)30-28(24-16-10-7-11-17-24)34-35(26-20-14-9-15-21-26)29(30)25-18-12-8-13-19-25;1-22(2)31-27-19-13-20-28(32-23(3)4)30(27)26-18-11-12-21-29(26)33(24-14-7-5-8-15-24)25-16-9-6-10-17-25;1-28(2,3)32(29(4,5)6)27-20-14-13-19-25(27)31-26(23-17-11-8-12-18-23)21-24(30-31)22-15-9-7-10-16-22;1-27(2,3)29(28(4,5)6)25-19-18-21-13-8-10-16-23(21)26(25)24-17-11-14-20-12-7-9-15-22(20)24/h7-23H,1-6H3;11-13,18-25H,5-10,14-17H2,1-4H3;7-21H,1-6H3;7-19H,1-6H3. The molecule has 15 aromatic rings. The molecule has 17 rings (SSSR count). The molecule has 3 heterocycles. The van der Waals surface area contributed by atoms with E-state index in [2.05, 4.69) is 458 Å². The third kappa shape index (κ3) is 23.1. The maximum atomic E-state index is 6.37. The van der Waals surface area contributed by atoms with Gasteiger partial charge in [-0.1, -0.05) is 454 Å². The van der Waals surface area contributed by atoms with Gasteiger partial charge in [0.05, 0.1) is 52.2 Å². The van der Waals surface area contributed by atoms with Gasteiger partial charge in [0.25, 0.3) is 0 Å². The van der Waals surface area contributed by atoms with Gasteiger partial charge in [-0.15, -0.1) is 0 Å². The minimum Gasteiger partial charge on any atom is -0.490 e. The molecule has 0 aliphatic heterocycles. The Morgan fingerprint density at radius 3 is 1.27 bits per heavy atom. The number of fused-ring (bicyclic) bond motifs is 2. The Balaban J connectivity index is 0.000000141. The Morgan fingerprint density at radius 2 is 0.748 bits per heavy atom. The van der Waals surface area contributed by atoms with Crippen LogP contribution in [0.25, 0.3) is 106 Å². The number of benzene rings is 12. The van der Waals surface area contributed by atoms with Gasteiger partial charge in [-0.3, -0.25) is 0 Å². The molecule has 680 valence electrons. The van der Waals surface area contributed by atoms with E-state index >= 15 is 0 Å². The number of nitrogens with zero attached hydrogens (tertiary/aromatic N) is 6. The van der Waals surface area contributed by atoms with E-state index in [1.807, 2.05) is 24.4 Å². The summed E-state index contributed by atoms with van der Waals surface area (Å²) in [6, 6.07) is 110. The molecule has 131 heavy (non-hydrogen) atoms. The molecule has 0 N–H and O–H groups in total. The molecule has 2 fully saturated rings. The minimum absolute atomic E-state index is 0.0978. The molecular weight excluding hydrogens is 1670 g/mol. The van der Waals surface area contributed by atoms with E-state index in [9.17, 15) is 0 Å². The first kappa shape index (κ1) is 97.1. The Bertz CT molecular complexity index is 6130. The lowest BCUT2D eigenvalue weighted by Crippen LogP contribution is -2.34. The summed E-state index contributed by atoms with van der Waals surface area (Å²) in [5.41, 5.74) is 20.1. The predicted molar refractivity (Wildman–Crippen MR) is 575 cm³/mol. The van der Waals surface area contributed by atoms with Crippen LogP contribution in [0.15, 0.2) is 316 Å². The topological polar surface area (TPSA) is 71.9 Å². The second-order valence-electron chi connectivity index (χ2n) is 41.9. The molecule has 0 atom stereocenters. The van der Waals surface area contributed by atoms with E-state index in [-0.39, 0.29) is 51.1 Å². The molecule has 8 nitrogen and oxygen atoms in total. The van der Waals surface area contributed by atoms with Gasteiger partial charge in [-0.2, -0.15) is 15.3 Å². The van der Waals surface area contributed by atoms with Crippen LogP contribution in [0.5, 0.6) is 11.5 Å². The van der Waals surface area contributed by atoms with Crippen molar-refractivity contribution >= 4 is 74.6 Å². The molecule has 0 spiro atoms. The van der Waals surface area contributed by atoms with Gasteiger partial charge in [0.1, 0.15) is 28.6 Å². The van der Waals surface area contributed by atoms with Crippen LogP contribution in [0, 0.1) is 0 Å². The van der Waals surface area contributed by atoms with Crippen molar-refractivity contribution in [2.24, 2.45) is 0 Å². The normalized spacial score (nSPS) is 13.9. The first-order valence-corrected chi connectivity index (χ1v) is 53.4. The van der Waals surface area contributed by atoms with Crippen molar-refractivity contribution in [3.05, 3.63) is 316 Å². The van der Waals surface area contributed by atoms with E-state index in [1.54, 1.807) is 5.30 Å². The van der Waals surface area contributed by atoms with E-state index in [0.29, 0.717) is 0 Å². The highest BCUT2D eigenvalue weighted by atomic mass is 31.1. The van der Waals surface area contributed by atoms with Crippen molar-refractivity contribution < 1.29 is 9.47 Å². The largest absolute Gasteiger partial charge is 0.490 e. The number of para-hydroxylation sites is 2. The highest BCUT2D eigenvalue weighted by molar-refractivity contribution is 7.69. The summed E-state index contributed by atoms with van der Waals surface area (Å²) in [7, 11) is -1.68. The fourth-order valence-electron chi connectivity index (χ4n) is 20.7. The van der Waals surface area contributed by atoms with Gasteiger partial charge >= 0.3 is 0 Å². The quantitative estimate of drug-likeness (QED) is 0.0755. The summed E-state index contributed by atoms with van der Waals surface area (Å²) in [5.74, 6) is 1.91. The van der Waals surface area contributed by atoms with Crippen molar-refractivity contribution in [3.8, 4) is 95.8 Å². The van der Waals surface area contributed by atoms with E-state index in [4.69, 9.17) is 24.8 Å². The maximum absolute atomic E-state index is 6.37. The molecule has 0 bridgehead atoms. The summed E-state index contributed by atoms with van der Waals surface area (Å²) in [6.07, 6.45) is 16.3. The zero-order valence-corrected chi connectivity index (χ0v) is 85.8. The molecule has 3 aromatic heterocycles. The average molecular weight is 1810 g/mol. The lowest BCUT2D eigenvalue weighted by Gasteiger charge is -2.43. The number of hydrogen-bond donors (Lipinski definition) is 0. The fraction of sp³-hybridized carbons (Fsp3) is 0.353. The molecule has 2 aliphatic carbocycles. The Morgan fingerprint density at radius 1 is 0.328 bits per heavy atom. The van der Waals surface area contributed by atoms with Crippen LogP contribution in [0.3, 0.4) is 0 Å². The van der Waals surface area contributed by atoms with Gasteiger partial charge in [0.2, 0.25) is 0 Å². The number of ether oxygens (including phenoxy) is 2. The number of aromatic nitrogens is 6. The molecule has 12 aromatic carbocycles.